The highest BCUT2D eigenvalue weighted by molar-refractivity contribution is 5.69. The van der Waals surface area contributed by atoms with E-state index < -0.39 is 5.97 Å². The van der Waals surface area contributed by atoms with Crippen LogP contribution in [0.3, 0.4) is 0 Å². The van der Waals surface area contributed by atoms with E-state index >= 15 is 0 Å². The van der Waals surface area contributed by atoms with Crippen LogP contribution in [0.1, 0.15) is 26.7 Å². The molecule has 84 valence electrons. The molecular formula is C14H16O2. The number of hydrogen-bond acceptors (Lipinski definition) is 1. The van der Waals surface area contributed by atoms with Crippen molar-refractivity contribution in [1.29, 1.82) is 0 Å². The van der Waals surface area contributed by atoms with Gasteiger partial charge in [-0.15, -0.1) is 0 Å². The SMILES string of the molecule is CCC(CC)C(=O)O.c1c2ccc(c#1)cc2. The fourth-order valence-electron chi connectivity index (χ4n) is 1.42. The lowest BCUT2D eigenvalue weighted by Gasteiger charge is -2.02. The first-order valence-electron chi connectivity index (χ1n) is 5.52. The van der Waals surface area contributed by atoms with Crippen molar-refractivity contribution in [3.05, 3.63) is 36.4 Å². The van der Waals surface area contributed by atoms with Gasteiger partial charge in [0.2, 0.25) is 0 Å². The van der Waals surface area contributed by atoms with Crippen molar-refractivity contribution in [3.63, 3.8) is 0 Å². The first-order valence-corrected chi connectivity index (χ1v) is 5.52. The molecule has 2 nitrogen and oxygen atoms in total. The van der Waals surface area contributed by atoms with Crippen molar-refractivity contribution >= 4 is 16.7 Å². The Balaban J connectivity index is 0.000000160. The van der Waals surface area contributed by atoms with Gasteiger partial charge in [0.05, 0.1) is 5.92 Å². The summed E-state index contributed by atoms with van der Waals surface area (Å²) in [5.41, 5.74) is 0. The van der Waals surface area contributed by atoms with E-state index in [2.05, 4.69) is 12.1 Å². The van der Waals surface area contributed by atoms with Gasteiger partial charge in [-0.1, -0.05) is 26.0 Å². The molecule has 0 spiro atoms. The molecular weight excluding hydrogens is 200 g/mol. The number of fused-ring (bicyclic) bond motifs is 2. The van der Waals surface area contributed by atoms with Gasteiger partial charge in [0, 0.05) is 10.8 Å². The highest BCUT2D eigenvalue weighted by atomic mass is 16.4. The highest BCUT2D eigenvalue weighted by Gasteiger charge is 2.10. The molecule has 0 fully saturated rings. The molecule has 3 aromatic carbocycles. The summed E-state index contributed by atoms with van der Waals surface area (Å²) in [4.78, 5) is 10.2. The van der Waals surface area contributed by atoms with Crippen LogP contribution in [0.4, 0.5) is 0 Å². The zero-order valence-corrected chi connectivity index (χ0v) is 9.66. The summed E-state index contributed by atoms with van der Waals surface area (Å²) >= 11 is 0. The predicted molar refractivity (Wildman–Crippen MR) is 64.5 cm³/mol. The van der Waals surface area contributed by atoms with Gasteiger partial charge in [0.15, 0.2) is 0 Å². The van der Waals surface area contributed by atoms with Crippen LogP contribution in [-0.2, 0) is 4.79 Å². The van der Waals surface area contributed by atoms with E-state index in [1.54, 1.807) is 0 Å². The number of carbonyl (C=O) groups is 1. The lowest BCUT2D eigenvalue weighted by molar-refractivity contribution is -0.141. The standard InChI is InChI=1S/C8H4.C6H12O2/c1-2-8-5-3-7(1)4-6-8;1-3-5(4-2)6(7)8/h1-3,5H;5H,3-4H2,1-2H3,(H,7,8). The molecule has 2 heteroatoms. The molecule has 0 heterocycles. The third-order valence-electron chi connectivity index (χ3n) is 2.57. The summed E-state index contributed by atoms with van der Waals surface area (Å²) in [5.74, 6) is -0.801. The van der Waals surface area contributed by atoms with Crippen LogP contribution in [0, 0.1) is 18.1 Å². The van der Waals surface area contributed by atoms with Gasteiger partial charge in [-0.05, 0) is 37.1 Å². The van der Waals surface area contributed by atoms with Crippen molar-refractivity contribution in [2.45, 2.75) is 26.7 Å². The van der Waals surface area contributed by atoms with Crippen LogP contribution >= 0.6 is 0 Å². The Bertz CT molecular complexity index is 341. The zero-order valence-electron chi connectivity index (χ0n) is 9.66. The molecule has 0 unspecified atom stereocenters. The number of hydrogen-bond donors (Lipinski definition) is 1. The average molecular weight is 216 g/mol. The van der Waals surface area contributed by atoms with E-state index in [1.165, 1.54) is 0 Å². The van der Waals surface area contributed by atoms with Gasteiger partial charge in [0.25, 0.3) is 0 Å². The van der Waals surface area contributed by atoms with E-state index in [9.17, 15) is 4.79 Å². The molecule has 1 N–H and O–H groups in total. The van der Waals surface area contributed by atoms with E-state index in [0.29, 0.717) is 0 Å². The van der Waals surface area contributed by atoms with Crippen molar-refractivity contribution in [1.82, 2.24) is 0 Å². The number of aliphatic carboxylic acids is 1. The quantitative estimate of drug-likeness (QED) is 0.853. The second kappa shape index (κ2) is 5.97. The Hall–Kier alpha value is -1.75. The normalized spacial score (nSPS) is 9.69. The van der Waals surface area contributed by atoms with Gasteiger partial charge >= 0.3 is 5.97 Å². The van der Waals surface area contributed by atoms with E-state index in [0.717, 1.165) is 23.6 Å². The maximum Gasteiger partial charge on any atom is 0.306 e. The lowest BCUT2D eigenvalue weighted by atomic mass is 10.1. The molecule has 0 saturated heterocycles. The Morgan fingerprint density at radius 1 is 1.12 bits per heavy atom. The molecule has 0 radical (unpaired) electrons. The van der Waals surface area contributed by atoms with Crippen LogP contribution in [0.2, 0.25) is 0 Å². The van der Waals surface area contributed by atoms with Crippen molar-refractivity contribution < 1.29 is 9.90 Å². The molecule has 0 saturated carbocycles. The Morgan fingerprint density at radius 2 is 1.50 bits per heavy atom. The minimum atomic E-state index is -0.671. The van der Waals surface area contributed by atoms with E-state index in [1.807, 2.05) is 38.1 Å². The summed E-state index contributed by atoms with van der Waals surface area (Å²) in [6, 6.07) is 14.1. The molecule has 3 aromatic rings. The average Bonchev–Trinajstić information content (AvgIpc) is 2.33. The van der Waals surface area contributed by atoms with Crippen molar-refractivity contribution in [2.24, 2.45) is 5.92 Å². The Morgan fingerprint density at radius 3 is 1.56 bits per heavy atom. The second-order valence-electron chi connectivity index (χ2n) is 3.68. The second-order valence-corrected chi connectivity index (χ2v) is 3.68. The lowest BCUT2D eigenvalue weighted by Crippen LogP contribution is -2.10. The number of benzene rings is 1. The van der Waals surface area contributed by atoms with Crippen molar-refractivity contribution in [2.75, 3.05) is 0 Å². The van der Waals surface area contributed by atoms with Crippen LogP contribution in [0.25, 0.3) is 10.8 Å². The highest BCUT2D eigenvalue weighted by Crippen LogP contribution is 2.06. The summed E-state index contributed by atoms with van der Waals surface area (Å²) in [6.07, 6.45) is 1.48. The molecule has 0 aliphatic rings. The van der Waals surface area contributed by atoms with Crippen molar-refractivity contribution in [3.8, 4) is 0 Å². The summed E-state index contributed by atoms with van der Waals surface area (Å²) < 4.78 is 0. The van der Waals surface area contributed by atoms with Crippen LogP contribution in [0.5, 0.6) is 0 Å². The molecule has 0 amide bonds. The monoisotopic (exact) mass is 216 g/mol. The molecule has 3 rings (SSSR count). The molecule has 0 atom stereocenters. The summed E-state index contributed by atoms with van der Waals surface area (Å²) in [5, 5.41) is 10.6. The fourth-order valence-corrected chi connectivity index (χ4v) is 1.42. The maximum absolute atomic E-state index is 10.2. The third kappa shape index (κ3) is 3.43. The molecule has 0 aliphatic heterocycles. The molecule has 2 bridgehead atoms. The summed E-state index contributed by atoms with van der Waals surface area (Å²) in [7, 11) is 0. The Kier molecular flexibility index (Phi) is 4.60. The first kappa shape index (κ1) is 12.3. The topological polar surface area (TPSA) is 37.3 Å². The maximum atomic E-state index is 10.2. The van der Waals surface area contributed by atoms with E-state index in [4.69, 9.17) is 5.11 Å². The molecule has 16 heavy (non-hydrogen) atoms. The van der Waals surface area contributed by atoms with Crippen LogP contribution < -0.4 is 0 Å². The summed E-state index contributed by atoms with van der Waals surface area (Å²) in [6.45, 7) is 3.78. The van der Waals surface area contributed by atoms with E-state index in [-0.39, 0.29) is 5.92 Å². The largest absolute Gasteiger partial charge is 0.481 e. The number of rotatable bonds is 3. The van der Waals surface area contributed by atoms with Crippen LogP contribution in [0.15, 0.2) is 24.3 Å². The smallest absolute Gasteiger partial charge is 0.306 e. The zero-order chi connectivity index (χ0) is 12.0. The van der Waals surface area contributed by atoms with Gasteiger partial charge in [-0.25, -0.2) is 0 Å². The Labute approximate surface area is 96.2 Å². The minimum absolute atomic E-state index is 0.130. The minimum Gasteiger partial charge on any atom is -0.481 e. The predicted octanol–water partition coefficient (Wildman–Crippen LogP) is 3.39. The van der Waals surface area contributed by atoms with Gasteiger partial charge in [0.1, 0.15) is 0 Å². The third-order valence-corrected chi connectivity index (χ3v) is 2.57. The fraction of sp³-hybridized carbons (Fsp3) is 0.357. The number of carboxylic acid groups (broad SMARTS) is 1. The van der Waals surface area contributed by atoms with Gasteiger partial charge in [-0.2, -0.15) is 0 Å². The number of carboxylic acids is 1. The first-order chi connectivity index (χ1) is 7.67. The molecule has 0 aliphatic carbocycles. The molecule has 0 aromatic heterocycles. The van der Waals surface area contributed by atoms with Gasteiger partial charge < -0.3 is 5.11 Å². The van der Waals surface area contributed by atoms with Gasteiger partial charge in [-0.3, -0.25) is 4.79 Å². The van der Waals surface area contributed by atoms with Crippen LogP contribution in [-0.4, -0.2) is 11.1 Å².